The number of rotatable bonds is 11. The smallest absolute Gasteiger partial charge is 0.349 e. The lowest BCUT2D eigenvalue weighted by Gasteiger charge is -2.48. The molecule has 1 fully saturated rings. The highest BCUT2D eigenvalue weighted by Gasteiger charge is 2.59. The topological polar surface area (TPSA) is 179 Å². The van der Waals surface area contributed by atoms with Gasteiger partial charge in [-0.05, 0) is 30.9 Å². The Morgan fingerprint density at radius 1 is 0.974 bits per heavy atom. The van der Waals surface area contributed by atoms with Crippen LogP contribution in [0, 0.1) is 0 Å². The molecule has 0 aromatic rings. The average Bonchev–Trinajstić information content (AvgIpc) is 2.80. The minimum absolute atomic E-state index is 0.123. The predicted octanol–water partition coefficient (Wildman–Crippen LogP) is 0.562. The highest BCUT2D eigenvalue weighted by molar-refractivity contribution is 8.23. The lowest BCUT2D eigenvalue weighted by molar-refractivity contribution is -0.223. The second-order valence-electron chi connectivity index (χ2n) is 8.21. The minimum atomic E-state index is -2.04. The third kappa shape index (κ3) is 10.6. The fourth-order valence-electron chi connectivity index (χ4n) is 3.78. The van der Waals surface area contributed by atoms with Gasteiger partial charge in [0.25, 0.3) is 0 Å². The fourth-order valence-corrected chi connectivity index (χ4v) is 5.33. The van der Waals surface area contributed by atoms with Gasteiger partial charge in [-0.25, -0.2) is 4.79 Å². The third-order valence-corrected chi connectivity index (χ3v) is 6.42. The summed E-state index contributed by atoms with van der Waals surface area (Å²) in [5.74, 6) is -4.79. The number of hydrogen-bond donors (Lipinski definition) is 1. The third-order valence-electron chi connectivity index (χ3n) is 5.01. The Hall–Kier alpha value is -2.98. The second-order valence-corrected chi connectivity index (χ2v) is 10.1. The van der Waals surface area contributed by atoms with Crippen molar-refractivity contribution in [2.24, 2.45) is 0 Å². The molecule has 1 N–H and O–H groups in total. The van der Waals surface area contributed by atoms with E-state index in [9.17, 15) is 28.8 Å². The highest BCUT2D eigenvalue weighted by atomic mass is 32.2. The number of thiocarbonyl (C=S) groups is 1. The maximum absolute atomic E-state index is 13.2. The van der Waals surface area contributed by atoms with Gasteiger partial charge < -0.3 is 38.5 Å². The molecular weight excluding hydrogens is 562 g/mol. The van der Waals surface area contributed by atoms with E-state index >= 15 is 0 Å². The van der Waals surface area contributed by atoms with Crippen molar-refractivity contribution in [2.75, 3.05) is 20.3 Å². The van der Waals surface area contributed by atoms with Gasteiger partial charge in [-0.1, -0.05) is 0 Å². The zero-order valence-electron chi connectivity index (χ0n) is 22.6. The van der Waals surface area contributed by atoms with Crippen LogP contribution in [0.5, 0.6) is 0 Å². The number of carbonyl (C=O) groups is 6. The fraction of sp³-hybridized carbons (Fsp3) is 0.696. The molecule has 0 radical (unpaired) electrons. The van der Waals surface area contributed by atoms with Gasteiger partial charge in [0.05, 0.1) is 19.8 Å². The number of amides is 1. The number of ether oxygens (including phenoxy) is 7. The summed E-state index contributed by atoms with van der Waals surface area (Å²) in [7, 11) is 1.08. The summed E-state index contributed by atoms with van der Waals surface area (Å²) >= 11 is 5.85. The SMILES string of the molecule is CCOC(=S)S[C@]1(C(=O)OC)C[C@H](OC(C)=O)[C@@H](NC(C)=O)[C@H]([C@H](OC(C)=O)C(COC(C)=O)OC(C)=O)O1. The summed E-state index contributed by atoms with van der Waals surface area (Å²) in [6.07, 6.45) is -6.29. The molecule has 16 heteroatoms. The van der Waals surface area contributed by atoms with Crippen molar-refractivity contribution in [1.82, 2.24) is 5.32 Å². The summed E-state index contributed by atoms with van der Waals surface area (Å²) < 4.78 is 37.6. The first kappa shape index (κ1) is 34.0. The van der Waals surface area contributed by atoms with Crippen LogP contribution in [0.25, 0.3) is 0 Å². The summed E-state index contributed by atoms with van der Waals surface area (Å²) in [6, 6.07) is -1.26. The highest BCUT2D eigenvalue weighted by Crippen LogP contribution is 2.43. The van der Waals surface area contributed by atoms with Crippen molar-refractivity contribution in [2.45, 2.75) is 83.4 Å². The maximum atomic E-state index is 13.2. The van der Waals surface area contributed by atoms with Gasteiger partial charge >= 0.3 is 29.8 Å². The maximum Gasteiger partial charge on any atom is 0.349 e. The molecule has 0 bridgehead atoms. The van der Waals surface area contributed by atoms with Gasteiger partial charge in [0.1, 0.15) is 18.8 Å². The number of carbonyl (C=O) groups excluding carboxylic acids is 6. The molecule has 39 heavy (non-hydrogen) atoms. The number of thioether (sulfide) groups is 1. The monoisotopic (exact) mass is 595 g/mol. The van der Waals surface area contributed by atoms with E-state index in [0.717, 1.165) is 34.8 Å². The van der Waals surface area contributed by atoms with Crippen LogP contribution in [0.2, 0.25) is 0 Å². The van der Waals surface area contributed by atoms with Crippen LogP contribution in [0.1, 0.15) is 48.0 Å². The van der Waals surface area contributed by atoms with Crippen molar-refractivity contribution in [1.29, 1.82) is 0 Å². The molecule has 220 valence electrons. The lowest BCUT2D eigenvalue weighted by atomic mass is 9.89. The van der Waals surface area contributed by atoms with Crippen LogP contribution >= 0.6 is 24.0 Å². The van der Waals surface area contributed by atoms with E-state index in [0.29, 0.717) is 11.8 Å². The van der Waals surface area contributed by atoms with Crippen LogP contribution in [0.15, 0.2) is 0 Å². The molecule has 1 aliphatic rings. The number of nitrogens with one attached hydrogen (secondary N) is 1. The Kier molecular flexibility index (Phi) is 13.6. The van der Waals surface area contributed by atoms with E-state index in [2.05, 4.69) is 5.32 Å². The van der Waals surface area contributed by atoms with E-state index in [-0.39, 0.29) is 17.4 Å². The summed E-state index contributed by atoms with van der Waals surface area (Å²) in [5, 5.41) is 2.58. The molecule has 1 heterocycles. The minimum Gasteiger partial charge on any atom is -0.479 e. The normalized spacial score (nSPS) is 23.7. The van der Waals surface area contributed by atoms with Gasteiger partial charge in [0.15, 0.2) is 12.2 Å². The summed E-state index contributed by atoms with van der Waals surface area (Å²) in [5.41, 5.74) is 0. The van der Waals surface area contributed by atoms with E-state index < -0.39 is 77.8 Å². The van der Waals surface area contributed by atoms with E-state index in [1.807, 2.05) is 0 Å². The standard InChI is InChI=1S/C23H33NO13S2/c1-8-32-22(38)39-23(21(30)31-7)9-16(34-13(4)27)18(24-11(2)25)20(37-23)19(36-15(6)29)17(35-14(5)28)10-33-12(3)26/h16-20H,8-10H2,1-7H3,(H,24,25)/t16-,17?,18+,19+,20+,23-/m0/s1. The number of esters is 5. The molecular formula is C23H33NO13S2. The first-order valence-electron chi connectivity index (χ1n) is 11.7. The molecule has 0 aromatic carbocycles. The Morgan fingerprint density at radius 3 is 2.05 bits per heavy atom. The number of methoxy groups -OCH3 is 1. The predicted molar refractivity (Wildman–Crippen MR) is 137 cm³/mol. The van der Waals surface area contributed by atoms with Crippen LogP contribution in [-0.4, -0.2) is 95.9 Å². The Balaban J connectivity index is 3.85. The quantitative estimate of drug-likeness (QED) is 0.199. The van der Waals surface area contributed by atoms with Crippen molar-refractivity contribution in [3.8, 4) is 0 Å². The Morgan fingerprint density at radius 2 is 1.59 bits per heavy atom. The molecule has 1 saturated heterocycles. The molecule has 0 aliphatic carbocycles. The van der Waals surface area contributed by atoms with Crippen LogP contribution in [-0.2, 0) is 61.9 Å². The molecule has 6 atom stereocenters. The molecule has 14 nitrogen and oxygen atoms in total. The van der Waals surface area contributed by atoms with E-state index in [1.165, 1.54) is 6.92 Å². The van der Waals surface area contributed by atoms with Gasteiger partial charge in [-0.3, -0.25) is 24.0 Å². The Labute approximate surface area is 235 Å². The van der Waals surface area contributed by atoms with Crippen molar-refractivity contribution < 1.29 is 61.9 Å². The summed E-state index contributed by atoms with van der Waals surface area (Å²) in [6.45, 7) is 6.73. The van der Waals surface area contributed by atoms with Gasteiger partial charge in [0, 0.05) is 41.0 Å². The van der Waals surface area contributed by atoms with Crippen LogP contribution in [0.3, 0.4) is 0 Å². The van der Waals surface area contributed by atoms with E-state index in [4.69, 9.17) is 45.4 Å². The zero-order chi connectivity index (χ0) is 29.9. The molecule has 0 spiro atoms. The van der Waals surface area contributed by atoms with Crippen molar-refractivity contribution in [3.63, 3.8) is 0 Å². The summed E-state index contributed by atoms with van der Waals surface area (Å²) in [4.78, 5) is 71.1. The lowest BCUT2D eigenvalue weighted by Crippen LogP contribution is -2.68. The van der Waals surface area contributed by atoms with Crippen molar-refractivity contribution >= 4 is 64.1 Å². The molecule has 0 aromatic heterocycles. The van der Waals surface area contributed by atoms with Crippen LogP contribution < -0.4 is 5.32 Å². The second kappa shape index (κ2) is 15.6. The zero-order valence-corrected chi connectivity index (χ0v) is 24.3. The van der Waals surface area contributed by atoms with Gasteiger partial charge in [-0.15, -0.1) is 0 Å². The van der Waals surface area contributed by atoms with Gasteiger partial charge in [-0.2, -0.15) is 0 Å². The molecule has 1 unspecified atom stereocenters. The molecule has 0 saturated carbocycles. The first-order chi connectivity index (χ1) is 18.1. The molecule has 1 amide bonds. The van der Waals surface area contributed by atoms with E-state index in [1.54, 1.807) is 6.92 Å². The molecule has 1 aliphatic heterocycles. The number of hydrogen-bond acceptors (Lipinski definition) is 15. The van der Waals surface area contributed by atoms with Crippen molar-refractivity contribution in [3.05, 3.63) is 0 Å². The molecule has 1 rings (SSSR count). The Bertz CT molecular complexity index is 958. The average molecular weight is 596 g/mol. The van der Waals surface area contributed by atoms with Crippen LogP contribution in [0.4, 0.5) is 0 Å². The first-order valence-corrected chi connectivity index (χ1v) is 12.9. The largest absolute Gasteiger partial charge is 0.479 e. The van der Waals surface area contributed by atoms with Gasteiger partial charge in [0.2, 0.25) is 15.2 Å².